The van der Waals surface area contributed by atoms with E-state index in [4.69, 9.17) is 0 Å². The summed E-state index contributed by atoms with van der Waals surface area (Å²) in [4.78, 5) is 0. The molecule has 0 heterocycles. The largest absolute Gasteiger partial charge is 0.0882 e. The van der Waals surface area contributed by atoms with Crippen LogP contribution in [0.5, 0.6) is 0 Å². The maximum Gasteiger partial charge on any atom is 0.0642 e. The maximum atomic E-state index is 3.97. The zero-order chi connectivity index (χ0) is 10.4. The highest BCUT2D eigenvalue weighted by Gasteiger charge is 2.60. The second-order valence-corrected chi connectivity index (χ2v) is 12.8. The van der Waals surface area contributed by atoms with Gasteiger partial charge in [0.1, 0.15) is 0 Å². The molecular formula is C12H17BrSi. The van der Waals surface area contributed by atoms with Gasteiger partial charge in [0.25, 0.3) is 0 Å². The van der Waals surface area contributed by atoms with Crippen LogP contribution in [0.2, 0.25) is 19.6 Å². The standard InChI is InChI=1S/C12H17BrSi/c1-14(2,3)12(13)9-11(12)10-7-5-4-6-8-10/h4-8,11H,9H2,1-3H3. The highest BCUT2D eigenvalue weighted by molar-refractivity contribution is 9.10. The van der Waals surface area contributed by atoms with Crippen molar-refractivity contribution in [3.63, 3.8) is 0 Å². The second-order valence-electron chi connectivity index (χ2n) is 5.28. The molecule has 0 aromatic heterocycles. The van der Waals surface area contributed by atoms with E-state index in [1.165, 1.54) is 12.0 Å². The van der Waals surface area contributed by atoms with Crippen LogP contribution in [0.15, 0.2) is 30.3 Å². The summed E-state index contributed by atoms with van der Waals surface area (Å²) in [6, 6.07) is 10.9. The van der Waals surface area contributed by atoms with Gasteiger partial charge in [-0.15, -0.1) is 0 Å². The third kappa shape index (κ3) is 1.59. The molecule has 76 valence electrons. The summed E-state index contributed by atoms with van der Waals surface area (Å²) >= 11 is 3.97. The van der Waals surface area contributed by atoms with Crippen LogP contribution in [0.4, 0.5) is 0 Å². The van der Waals surface area contributed by atoms with Crippen LogP contribution >= 0.6 is 15.9 Å². The first-order valence-corrected chi connectivity index (χ1v) is 9.48. The molecule has 2 unspecified atom stereocenters. The Kier molecular flexibility index (Phi) is 2.39. The van der Waals surface area contributed by atoms with E-state index in [1.807, 2.05) is 0 Å². The van der Waals surface area contributed by atoms with Gasteiger partial charge in [0.05, 0.1) is 8.07 Å². The molecule has 2 heteroatoms. The fourth-order valence-electron chi connectivity index (χ4n) is 2.13. The summed E-state index contributed by atoms with van der Waals surface area (Å²) in [7, 11) is -1.08. The molecule has 0 saturated heterocycles. The Morgan fingerprint density at radius 2 is 1.79 bits per heavy atom. The monoisotopic (exact) mass is 268 g/mol. The number of benzene rings is 1. The van der Waals surface area contributed by atoms with Crippen molar-refractivity contribution in [2.24, 2.45) is 0 Å². The Labute approximate surface area is 95.9 Å². The predicted octanol–water partition coefficient (Wildman–Crippen LogP) is 4.19. The summed E-state index contributed by atoms with van der Waals surface area (Å²) in [5, 5.41) is 0. The van der Waals surface area contributed by atoms with E-state index in [2.05, 4.69) is 65.9 Å². The lowest BCUT2D eigenvalue weighted by Gasteiger charge is -2.24. The number of alkyl halides is 1. The van der Waals surface area contributed by atoms with Gasteiger partial charge >= 0.3 is 0 Å². The molecule has 2 atom stereocenters. The molecule has 1 fully saturated rings. The minimum absolute atomic E-state index is 0.460. The van der Waals surface area contributed by atoms with Gasteiger partial charge in [-0.1, -0.05) is 65.9 Å². The fourth-order valence-corrected chi connectivity index (χ4v) is 4.75. The van der Waals surface area contributed by atoms with E-state index < -0.39 is 8.07 Å². The Morgan fingerprint density at radius 3 is 2.21 bits per heavy atom. The topological polar surface area (TPSA) is 0 Å². The Bertz CT molecular complexity index is 328. The van der Waals surface area contributed by atoms with Gasteiger partial charge < -0.3 is 0 Å². The van der Waals surface area contributed by atoms with Gasteiger partial charge in [0.2, 0.25) is 0 Å². The first-order chi connectivity index (χ1) is 6.45. The lowest BCUT2D eigenvalue weighted by molar-refractivity contribution is 1.09. The minimum atomic E-state index is -1.08. The van der Waals surface area contributed by atoms with Gasteiger partial charge in [-0.25, -0.2) is 0 Å². The highest BCUT2D eigenvalue weighted by Crippen LogP contribution is 2.62. The molecule has 1 aromatic rings. The van der Waals surface area contributed by atoms with Crippen molar-refractivity contribution in [3.8, 4) is 0 Å². The van der Waals surface area contributed by atoms with Crippen LogP contribution in [0, 0.1) is 0 Å². The molecule has 1 saturated carbocycles. The van der Waals surface area contributed by atoms with Gasteiger partial charge in [-0.3, -0.25) is 0 Å². The van der Waals surface area contributed by atoms with Crippen molar-refractivity contribution >= 4 is 24.0 Å². The van der Waals surface area contributed by atoms with Crippen LogP contribution in [-0.2, 0) is 0 Å². The number of hydrogen-bond acceptors (Lipinski definition) is 0. The molecule has 14 heavy (non-hydrogen) atoms. The summed E-state index contributed by atoms with van der Waals surface area (Å²) in [6.07, 6.45) is 1.33. The van der Waals surface area contributed by atoms with Crippen molar-refractivity contribution in [1.29, 1.82) is 0 Å². The van der Waals surface area contributed by atoms with Crippen molar-refractivity contribution < 1.29 is 0 Å². The van der Waals surface area contributed by atoms with Crippen LogP contribution < -0.4 is 0 Å². The molecular weight excluding hydrogens is 252 g/mol. The number of halogens is 1. The SMILES string of the molecule is C[Si](C)(C)C1(Br)CC1c1ccccc1. The van der Waals surface area contributed by atoms with E-state index >= 15 is 0 Å². The van der Waals surface area contributed by atoms with Crippen molar-refractivity contribution in [2.45, 2.75) is 35.9 Å². The average Bonchev–Trinajstić information content (AvgIpc) is 2.80. The van der Waals surface area contributed by atoms with Gasteiger partial charge in [-0.05, 0) is 17.9 Å². The Hall–Kier alpha value is -0.0831. The minimum Gasteiger partial charge on any atom is -0.0882 e. The zero-order valence-electron chi connectivity index (χ0n) is 9.05. The van der Waals surface area contributed by atoms with Crippen molar-refractivity contribution in [1.82, 2.24) is 0 Å². The van der Waals surface area contributed by atoms with Crippen molar-refractivity contribution in [2.75, 3.05) is 0 Å². The van der Waals surface area contributed by atoms with E-state index in [9.17, 15) is 0 Å². The molecule has 0 N–H and O–H groups in total. The summed E-state index contributed by atoms with van der Waals surface area (Å²) < 4.78 is 0.460. The molecule has 0 amide bonds. The first-order valence-electron chi connectivity index (χ1n) is 5.19. The quantitative estimate of drug-likeness (QED) is 0.558. The van der Waals surface area contributed by atoms with Crippen LogP contribution in [-0.4, -0.2) is 12.0 Å². The molecule has 0 radical (unpaired) electrons. The molecule has 0 nitrogen and oxygen atoms in total. The van der Waals surface area contributed by atoms with E-state index in [1.54, 1.807) is 0 Å². The van der Waals surface area contributed by atoms with Gasteiger partial charge in [0, 0.05) is 3.95 Å². The fraction of sp³-hybridized carbons (Fsp3) is 0.500. The smallest absolute Gasteiger partial charge is 0.0642 e. The predicted molar refractivity (Wildman–Crippen MR) is 68.8 cm³/mol. The first kappa shape index (κ1) is 10.4. The Morgan fingerprint density at radius 1 is 1.21 bits per heavy atom. The van der Waals surface area contributed by atoms with Gasteiger partial charge in [0.15, 0.2) is 0 Å². The van der Waals surface area contributed by atoms with E-state index in [0.29, 0.717) is 3.95 Å². The normalized spacial score (nSPS) is 31.6. The van der Waals surface area contributed by atoms with E-state index in [0.717, 1.165) is 5.92 Å². The summed E-state index contributed by atoms with van der Waals surface area (Å²) in [5.41, 5.74) is 1.51. The lowest BCUT2D eigenvalue weighted by Crippen LogP contribution is -2.36. The second kappa shape index (κ2) is 3.21. The summed E-state index contributed by atoms with van der Waals surface area (Å²) in [5.74, 6) is 0.760. The molecule has 2 rings (SSSR count). The van der Waals surface area contributed by atoms with Gasteiger partial charge in [-0.2, -0.15) is 0 Å². The average molecular weight is 269 g/mol. The van der Waals surface area contributed by atoms with Crippen LogP contribution in [0.1, 0.15) is 17.9 Å². The third-order valence-electron chi connectivity index (χ3n) is 3.34. The zero-order valence-corrected chi connectivity index (χ0v) is 11.6. The van der Waals surface area contributed by atoms with Crippen LogP contribution in [0.25, 0.3) is 0 Å². The molecule has 0 aliphatic heterocycles. The third-order valence-corrected chi connectivity index (χ3v) is 10.8. The molecule has 1 aliphatic rings. The molecule has 0 spiro atoms. The van der Waals surface area contributed by atoms with Crippen molar-refractivity contribution in [3.05, 3.63) is 35.9 Å². The molecule has 1 aromatic carbocycles. The number of hydrogen-bond donors (Lipinski definition) is 0. The number of rotatable bonds is 2. The maximum absolute atomic E-state index is 3.97. The summed E-state index contributed by atoms with van der Waals surface area (Å²) in [6.45, 7) is 7.35. The molecule has 0 bridgehead atoms. The lowest BCUT2D eigenvalue weighted by atomic mass is 10.1. The Balaban J connectivity index is 2.21. The highest BCUT2D eigenvalue weighted by atomic mass is 79.9. The van der Waals surface area contributed by atoms with E-state index in [-0.39, 0.29) is 0 Å². The van der Waals surface area contributed by atoms with Crippen LogP contribution in [0.3, 0.4) is 0 Å². The molecule has 1 aliphatic carbocycles.